The van der Waals surface area contributed by atoms with E-state index in [1.54, 1.807) is 0 Å². The number of carbonyl (C=O) groups is 1. The molecule has 17 heavy (non-hydrogen) atoms. The molecule has 0 aromatic heterocycles. The summed E-state index contributed by atoms with van der Waals surface area (Å²) in [7, 11) is 0. The van der Waals surface area contributed by atoms with Crippen LogP contribution in [0.1, 0.15) is 25.8 Å². The minimum absolute atomic E-state index is 0.172. The zero-order valence-corrected chi connectivity index (χ0v) is 10.6. The molecule has 1 aromatic rings. The largest absolute Gasteiger partial charge is 0.473 e. The van der Waals surface area contributed by atoms with Crippen LogP contribution >= 0.6 is 0 Å². The third kappa shape index (κ3) is 5.24. The maximum atomic E-state index is 11.4. The van der Waals surface area contributed by atoms with Crippen molar-refractivity contribution in [2.45, 2.75) is 33.2 Å². The van der Waals surface area contributed by atoms with Crippen molar-refractivity contribution >= 4 is 6.03 Å². The number of benzene rings is 1. The van der Waals surface area contributed by atoms with Gasteiger partial charge in [-0.15, -0.1) is 0 Å². The van der Waals surface area contributed by atoms with E-state index in [1.165, 1.54) is 5.56 Å². The Morgan fingerprint density at radius 3 is 2.59 bits per heavy atom. The fourth-order valence-electron chi connectivity index (χ4n) is 1.20. The number of ether oxygens (including phenoxy) is 1. The molecule has 0 aliphatic carbocycles. The van der Waals surface area contributed by atoms with E-state index < -0.39 is 0 Å². The van der Waals surface area contributed by atoms with E-state index in [-0.39, 0.29) is 18.8 Å². The number of aryl methyl sites for hydroxylation is 1. The van der Waals surface area contributed by atoms with E-state index in [9.17, 15) is 4.79 Å². The van der Waals surface area contributed by atoms with E-state index in [2.05, 4.69) is 10.6 Å². The number of amides is 2. The van der Waals surface area contributed by atoms with Gasteiger partial charge in [0.05, 0.1) is 0 Å². The first-order valence-corrected chi connectivity index (χ1v) is 5.85. The van der Waals surface area contributed by atoms with Gasteiger partial charge in [-0.05, 0) is 32.4 Å². The summed E-state index contributed by atoms with van der Waals surface area (Å²) in [6, 6.07) is 7.66. The second-order valence-electron chi connectivity index (χ2n) is 4.06. The highest BCUT2D eigenvalue weighted by Gasteiger charge is 2.03. The maximum Gasteiger partial charge on any atom is 0.317 e. The van der Waals surface area contributed by atoms with Crippen molar-refractivity contribution in [3.63, 3.8) is 0 Å². The zero-order valence-electron chi connectivity index (χ0n) is 10.6. The molecule has 1 atom stereocenters. The molecular formula is C13H20N2O2. The fourth-order valence-corrected chi connectivity index (χ4v) is 1.20. The predicted octanol–water partition coefficient (Wildman–Crippen LogP) is 2.43. The van der Waals surface area contributed by atoms with Gasteiger partial charge in [0, 0.05) is 6.04 Å². The first kappa shape index (κ1) is 13.4. The van der Waals surface area contributed by atoms with Crippen molar-refractivity contribution in [2.24, 2.45) is 0 Å². The lowest BCUT2D eigenvalue weighted by Crippen LogP contribution is -2.41. The Hall–Kier alpha value is -1.71. The second-order valence-corrected chi connectivity index (χ2v) is 4.06. The number of carbonyl (C=O) groups excluding carboxylic acids is 1. The first-order chi connectivity index (χ1) is 8.11. The van der Waals surface area contributed by atoms with Gasteiger partial charge >= 0.3 is 6.03 Å². The summed E-state index contributed by atoms with van der Waals surface area (Å²) in [6.07, 6.45) is 0.909. The van der Waals surface area contributed by atoms with Gasteiger partial charge in [-0.2, -0.15) is 0 Å². The van der Waals surface area contributed by atoms with Gasteiger partial charge in [-0.3, -0.25) is 0 Å². The molecule has 0 aliphatic rings. The third-order valence-corrected chi connectivity index (χ3v) is 2.48. The molecule has 0 bridgehead atoms. The van der Waals surface area contributed by atoms with Gasteiger partial charge in [0.25, 0.3) is 0 Å². The molecule has 1 aromatic carbocycles. The van der Waals surface area contributed by atoms with Crippen LogP contribution in [0.15, 0.2) is 24.3 Å². The summed E-state index contributed by atoms with van der Waals surface area (Å²) in [5.41, 5.74) is 1.18. The van der Waals surface area contributed by atoms with E-state index in [0.29, 0.717) is 0 Å². The van der Waals surface area contributed by atoms with Crippen LogP contribution in [0.4, 0.5) is 4.79 Å². The molecule has 0 heterocycles. The summed E-state index contributed by atoms with van der Waals surface area (Å²) in [6.45, 7) is 6.17. The lowest BCUT2D eigenvalue weighted by atomic mass is 10.2. The van der Waals surface area contributed by atoms with E-state index in [0.717, 1.165) is 12.2 Å². The average molecular weight is 236 g/mol. The summed E-state index contributed by atoms with van der Waals surface area (Å²) >= 11 is 0. The number of nitrogens with one attached hydrogen (secondary N) is 2. The van der Waals surface area contributed by atoms with E-state index >= 15 is 0 Å². The monoisotopic (exact) mass is 236 g/mol. The highest BCUT2D eigenvalue weighted by molar-refractivity contribution is 5.73. The minimum atomic E-state index is -0.202. The topological polar surface area (TPSA) is 50.4 Å². The zero-order chi connectivity index (χ0) is 12.7. The van der Waals surface area contributed by atoms with E-state index in [4.69, 9.17) is 4.74 Å². The molecule has 4 nitrogen and oxygen atoms in total. The summed E-state index contributed by atoms with van der Waals surface area (Å²) in [4.78, 5) is 11.4. The molecule has 4 heteroatoms. The van der Waals surface area contributed by atoms with Crippen LogP contribution in [-0.4, -0.2) is 18.8 Å². The molecular weight excluding hydrogens is 216 g/mol. The Bertz CT molecular complexity index is 349. The molecule has 0 spiro atoms. The molecule has 0 aliphatic heterocycles. The smallest absolute Gasteiger partial charge is 0.317 e. The maximum absolute atomic E-state index is 11.4. The molecule has 0 radical (unpaired) electrons. The number of urea groups is 1. The van der Waals surface area contributed by atoms with Gasteiger partial charge < -0.3 is 15.4 Å². The van der Waals surface area contributed by atoms with Crippen LogP contribution in [0, 0.1) is 6.92 Å². The third-order valence-electron chi connectivity index (χ3n) is 2.48. The normalized spacial score (nSPS) is 11.7. The van der Waals surface area contributed by atoms with Crippen molar-refractivity contribution in [2.75, 3.05) is 6.73 Å². The van der Waals surface area contributed by atoms with Crippen molar-refractivity contribution in [1.82, 2.24) is 10.6 Å². The van der Waals surface area contributed by atoms with Gasteiger partial charge in [0.2, 0.25) is 0 Å². The summed E-state index contributed by atoms with van der Waals surface area (Å²) in [5, 5.41) is 5.43. The Morgan fingerprint density at radius 2 is 2.00 bits per heavy atom. The second kappa shape index (κ2) is 6.78. The molecule has 1 unspecified atom stereocenters. The Morgan fingerprint density at radius 1 is 1.35 bits per heavy atom. The van der Waals surface area contributed by atoms with Crippen LogP contribution in [0.2, 0.25) is 0 Å². The lowest BCUT2D eigenvalue weighted by Gasteiger charge is -2.13. The van der Waals surface area contributed by atoms with Crippen LogP contribution in [0.25, 0.3) is 0 Å². The van der Waals surface area contributed by atoms with Crippen molar-refractivity contribution in [3.8, 4) is 5.75 Å². The molecule has 2 N–H and O–H groups in total. The molecule has 0 saturated carbocycles. The Labute approximate surface area is 102 Å². The van der Waals surface area contributed by atoms with Gasteiger partial charge in [0.1, 0.15) is 5.75 Å². The summed E-state index contributed by atoms with van der Waals surface area (Å²) < 4.78 is 5.37. The highest BCUT2D eigenvalue weighted by Crippen LogP contribution is 2.10. The van der Waals surface area contributed by atoms with Gasteiger partial charge in [0.15, 0.2) is 6.73 Å². The number of hydrogen-bond acceptors (Lipinski definition) is 2. The number of hydrogen-bond donors (Lipinski definition) is 2. The summed E-state index contributed by atoms with van der Waals surface area (Å²) in [5.74, 6) is 0.749. The van der Waals surface area contributed by atoms with Crippen LogP contribution in [0.5, 0.6) is 5.75 Å². The van der Waals surface area contributed by atoms with Crippen LogP contribution in [-0.2, 0) is 0 Å². The van der Waals surface area contributed by atoms with Crippen molar-refractivity contribution in [3.05, 3.63) is 29.8 Å². The number of rotatable bonds is 5. The lowest BCUT2D eigenvalue weighted by molar-refractivity contribution is 0.221. The van der Waals surface area contributed by atoms with Crippen LogP contribution in [0.3, 0.4) is 0 Å². The van der Waals surface area contributed by atoms with Gasteiger partial charge in [-0.25, -0.2) is 4.79 Å². The molecule has 0 fully saturated rings. The average Bonchev–Trinajstić information content (AvgIpc) is 2.31. The van der Waals surface area contributed by atoms with Crippen LogP contribution < -0.4 is 15.4 Å². The molecule has 94 valence electrons. The Balaban J connectivity index is 2.23. The molecule has 2 amide bonds. The first-order valence-electron chi connectivity index (χ1n) is 5.85. The fraction of sp³-hybridized carbons (Fsp3) is 0.462. The quantitative estimate of drug-likeness (QED) is 0.771. The minimum Gasteiger partial charge on any atom is -0.473 e. The predicted molar refractivity (Wildman–Crippen MR) is 68.1 cm³/mol. The van der Waals surface area contributed by atoms with Crippen molar-refractivity contribution in [1.29, 1.82) is 0 Å². The van der Waals surface area contributed by atoms with E-state index in [1.807, 2.05) is 45.0 Å². The van der Waals surface area contributed by atoms with Gasteiger partial charge in [-0.1, -0.05) is 24.6 Å². The molecule has 1 rings (SSSR count). The standard InChI is InChI=1S/C13H20N2O2/c1-4-11(3)15-13(16)14-9-17-12-7-5-10(2)6-8-12/h5-8,11H,4,9H2,1-3H3,(H2,14,15,16). The SMILES string of the molecule is CCC(C)NC(=O)NCOc1ccc(C)cc1. The highest BCUT2D eigenvalue weighted by atomic mass is 16.5. The molecule has 0 saturated heterocycles. The Kier molecular flexibility index (Phi) is 5.33. The van der Waals surface area contributed by atoms with Crippen molar-refractivity contribution < 1.29 is 9.53 Å².